The first kappa shape index (κ1) is 38.4. The van der Waals surface area contributed by atoms with Gasteiger partial charge >= 0.3 is 0 Å². The van der Waals surface area contributed by atoms with Gasteiger partial charge in [-0.1, -0.05) is 0 Å². The first-order valence-corrected chi connectivity index (χ1v) is 13.1. The molecule has 0 fully saturated rings. The summed E-state index contributed by atoms with van der Waals surface area (Å²) in [4.78, 5) is 0. The molecule has 260 valence electrons. The molecule has 0 nitrogen and oxygen atoms in total. The molecule has 0 aliphatic heterocycles. The van der Waals surface area contributed by atoms with Crippen molar-refractivity contribution >= 4 is 37.2 Å². The van der Waals surface area contributed by atoms with E-state index in [1.165, 1.54) is 6.16 Å². The number of hydrogen-bond donors (Lipinski definition) is 0. The molecule has 4 rings (SSSR count). The predicted molar refractivity (Wildman–Crippen MR) is 131 cm³/mol. The van der Waals surface area contributed by atoms with Crippen molar-refractivity contribution in [3.63, 3.8) is 0 Å². The quantitative estimate of drug-likeness (QED) is 0.0742. The monoisotopic (exact) mass is 742 g/mol. The Morgan fingerprint density at radius 2 is 0.354 bits per heavy atom. The van der Waals surface area contributed by atoms with E-state index in [2.05, 4.69) is 6.92 Å². The van der Waals surface area contributed by atoms with Gasteiger partial charge in [0.05, 0.1) is 0 Å². The van der Waals surface area contributed by atoms with Crippen molar-refractivity contribution in [2.75, 3.05) is 6.16 Å². The van der Waals surface area contributed by atoms with Gasteiger partial charge in [0.2, 0.25) is 0 Å². The smallest absolute Gasteiger partial charge is 0.200 e. The summed E-state index contributed by atoms with van der Waals surface area (Å²) in [6, 6.07) is 0. The molecule has 48 heavy (non-hydrogen) atoms. The van der Waals surface area contributed by atoms with Crippen molar-refractivity contribution in [2.45, 2.75) is 6.92 Å². The Bertz CT molecular complexity index is 1590. The lowest BCUT2D eigenvalue weighted by Gasteiger charge is -2.44. The molecule has 0 amide bonds. The Labute approximate surface area is 255 Å². The van der Waals surface area contributed by atoms with E-state index in [0.29, 0.717) is 0 Å². The molecule has 0 N–H and O–H groups in total. The zero-order valence-electron chi connectivity index (χ0n) is 22.6. The first-order valence-electron chi connectivity index (χ1n) is 12.1. The summed E-state index contributed by atoms with van der Waals surface area (Å²) in [5.41, 5.74) is -14.3. The van der Waals surface area contributed by atoms with E-state index in [9.17, 15) is 52.7 Å². The molecule has 4 aromatic carbocycles. The molecule has 0 aromatic heterocycles. The highest BCUT2D eigenvalue weighted by molar-refractivity contribution is 7.20. The largest absolute Gasteiger partial charge is 0.207 e. The average molecular weight is 742 g/mol. The van der Waals surface area contributed by atoms with Gasteiger partial charge in [0.1, 0.15) is 52.7 Å². The summed E-state index contributed by atoms with van der Waals surface area (Å²) < 4.78 is 294. The van der Waals surface area contributed by atoms with E-state index in [4.69, 9.17) is 0 Å². The van der Waals surface area contributed by atoms with Crippen LogP contribution in [0.15, 0.2) is 0 Å². The predicted octanol–water partition coefficient (Wildman–Crippen LogP) is 6.46. The van der Waals surface area contributed by atoms with Crippen LogP contribution in [0.4, 0.5) is 87.8 Å². The number of benzene rings is 4. The topological polar surface area (TPSA) is 0 Å². The van der Waals surface area contributed by atoms with Gasteiger partial charge in [0, 0.05) is 6.16 Å². The maximum atomic E-state index is 15.4. The van der Waals surface area contributed by atoms with Gasteiger partial charge in [-0.25, -0.2) is 87.8 Å². The third-order valence-corrected chi connectivity index (χ3v) is 6.71. The number of rotatable bonds is 4. The van der Waals surface area contributed by atoms with Crippen molar-refractivity contribution < 1.29 is 87.8 Å². The van der Waals surface area contributed by atoms with E-state index in [-0.39, 0.29) is 0 Å². The number of hydrogen-bond acceptors (Lipinski definition) is 0. The van der Waals surface area contributed by atoms with Gasteiger partial charge < -0.3 is 0 Å². The normalized spacial score (nSPS) is 11.7. The number of halogens is 20. The van der Waals surface area contributed by atoms with E-state index in [1.54, 1.807) is 0 Å². The second-order valence-corrected chi connectivity index (χ2v) is 10.3. The van der Waals surface area contributed by atoms with Crippen molar-refractivity contribution in [3.05, 3.63) is 116 Å². The van der Waals surface area contributed by atoms with Crippen LogP contribution in [-0.2, 0) is 0 Å². The zero-order valence-corrected chi connectivity index (χ0v) is 24.0. The summed E-state index contributed by atoms with van der Waals surface area (Å²) in [7, 11) is 1.97. The standard InChI is InChI=1S/C24BF20.C2H7P/c26-5-1(6(27)14(35)21(42)13(5)34)25(2-7(28)15(36)22(43)16(37)8(2)29,3-9(30)17(38)23(44)18(39)10(3)31)4-11(32)19(40)24(45)20(41)12(4)33;1-2-3/h;2-3H2,1H3/q-1;/p+1. The fourth-order valence-corrected chi connectivity index (χ4v) is 4.87. The van der Waals surface area contributed by atoms with Crippen molar-refractivity contribution in [1.82, 2.24) is 0 Å². The van der Waals surface area contributed by atoms with Crippen LogP contribution < -0.4 is 21.9 Å². The molecule has 22 heteroatoms. The molecule has 0 aliphatic rings. The highest BCUT2D eigenvalue weighted by Crippen LogP contribution is 2.30. The van der Waals surface area contributed by atoms with Crippen molar-refractivity contribution in [3.8, 4) is 0 Å². The second kappa shape index (κ2) is 13.5. The van der Waals surface area contributed by atoms with Gasteiger partial charge in [-0.3, -0.25) is 0 Å². The molecule has 0 aliphatic carbocycles. The second-order valence-electron chi connectivity index (χ2n) is 9.30. The molecule has 1 atom stereocenters. The van der Waals surface area contributed by atoms with Crippen LogP contribution in [0.1, 0.15) is 6.92 Å². The lowest BCUT2D eigenvalue weighted by Crippen LogP contribution is -2.81. The van der Waals surface area contributed by atoms with Crippen LogP contribution in [0, 0.1) is 116 Å². The fraction of sp³-hybridized carbons (Fsp3) is 0.0769. The van der Waals surface area contributed by atoms with Crippen molar-refractivity contribution in [1.29, 1.82) is 0 Å². The summed E-state index contributed by atoms with van der Waals surface area (Å²) in [5.74, 6) is -71.4. The van der Waals surface area contributed by atoms with E-state index < -0.39 is 144 Å². The third kappa shape index (κ3) is 5.24. The van der Waals surface area contributed by atoms with Crippen LogP contribution in [0.2, 0.25) is 0 Å². The molecule has 0 bridgehead atoms. The molecule has 0 heterocycles. The Hall–Kier alpha value is -4.03. The Kier molecular flexibility index (Phi) is 10.8. The van der Waals surface area contributed by atoms with E-state index >= 15 is 35.1 Å². The lowest BCUT2D eigenvalue weighted by atomic mass is 9.12. The van der Waals surface area contributed by atoms with Crippen LogP contribution in [0.25, 0.3) is 0 Å². The van der Waals surface area contributed by atoms with Gasteiger partial charge in [-0.15, -0.1) is 21.9 Å². The van der Waals surface area contributed by atoms with Crippen LogP contribution in [0.3, 0.4) is 0 Å². The van der Waals surface area contributed by atoms with E-state index in [1.807, 2.05) is 9.24 Å². The van der Waals surface area contributed by atoms with Gasteiger partial charge in [0.15, 0.2) is 69.8 Å². The third-order valence-electron chi connectivity index (χ3n) is 6.71. The van der Waals surface area contributed by atoms with Crippen molar-refractivity contribution in [2.24, 2.45) is 0 Å². The fourth-order valence-electron chi connectivity index (χ4n) is 4.87. The van der Waals surface area contributed by atoms with Gasteiger partial charge in [0.25, 0.3) is 0 Å². The minimum absolute atomic E-state index is 1.28. The maximum absolute atomic E-state index is 15.4. The Morgan fingerprint density at radius 3 is 0.458 bits per heavy atom. The summed E-state index contributed by atoms with van der Waals surface area (Å²) in [6.45, 7) is 2.14. The molecular formula is C26H8BF20P. The van der Waals surface area contributed by atoms with Gasteiger partial charge in [-0.2, -0.15) is 0 Å². The molecular weight excluding hydrogens is 734 g/mol. The SMILES string of the molecule is CC[PH3+].Fc1c(F)c(F)c([B-](c2c(F)c(F)c(F)c(F)c2F)(c2c(F)c(F)c(F)c(F)c2F)c2c(F)c(F)c(F)c(F)c2F)c(F)c1F. The molecule has 0 saturated carbocycles. The molecule has 0 saturated heterocycles. The Morgan fingerprint density at radius 1 is 0.271 bits per heavy atom. The molecule has 0 radical (unpaired) electrons. The highest BCUT2D eigenvalue weighted by Gasteiger charge is 2.52. The highest BCUT2D eigenvalue weighted by atomic mass is 31.0. The van der Waals surface area contributed by atoms with Gasteiger partial charge in [-0.05, 0) is 16.2 Å². The maximum Gasteiger partial charge on any atom is 0.200 e. The minimum atomic E-state index is -7.22. The summed E-state index contributed by atoms with van der Waals surface area (Å²) in [5, 5.41) is 0. The van der Waals surface area contributed by atoms with Crippen LogP contribution in [0.5, 0.6) is 0 Å². The van der Waals surface area contributed by atoms with Crippen LogP contribution in [-0.4, -0.2) is 12.3 Å². The molecule has 4 aromatic rings. The Balaban J connectivity index is 0.00000201. The summed E-state index contributed by atoms with van der Waals surface area (Å²) in [6.07, 6.45) is -5.94. The van der Waals surface area contributed by atoms with Crippen LogP contribution >= 0.6 is 9.24 Å². The molecule has 1 unspecified atom stereocenters. The lowest BCUT2D eigenvalue weighted by molar-refractivity contribution is 0.378. The average Bonchev–Trinajstić information content (AvgIpc) is 3.04. The first-order chi connectivity index (χ1) is 22.1. The minimum Gasteiger partial charge on any atom is -0.207 e. The van der Waals surface area contributed by atoms with E-state index in [0.717, 1.165) is 0 Å². The molecule has 0 spiro atoms. The zero-order chi connectivity index (χ0) is 37.1. The summed E-state index contributed by atoms with van der Waals surface area (Å²) >= 11 is 0.